The Balaban J connectivity index is 1.40. The molecule has 6 nitrogen and oxygen atoms in total. The maximum Gasteiger partial charge on any atom is 0.195 e. The van der Waals surface area contributed by atoms with Gasteiger partial charge in [-0.05, 0) is 48.9 Å². The van der Waals surface area contributed by atoms with Crippen LogP contribution in [-0.2, 0) is 18.3 Å². The molecule has 0 spiro atoms. The molecule has 2 aliphatic heterocycles. The van der Waals surface area contributed by atoms with Crippen LogP contribution in [0.4, 0.5) is 11.5 Å². The van der Waals surface area contributed by atoms with Crippen molar-refractivity contribution in [2.75, 3.05) is 31.1 Å². The Labute approximate surface area is 196 Å². The highest BCUT2D eigenvalue weighted by Crippen LogP contribution is 2.47. The van der Waals surface area contributed by atoms with Crippen molar-refractivity contribution in [1.29, 1.82) is 0 Å². The minimum atomic E-state index is -0.297. The summed E-state index contributed by atoms with van der Waals surface area (Å²) in [6.07, 6.45) is 6.54. The predicted octanol–water partition coefficient (Wildman–Crippen LogP) is 4.06. The molecule has 1 aromatic carbocycles. The molecule has 33 heavy (non-hydrogen) atoms. The molecule has 2 aromatic rings. The van der Waals surface area contributed by atoms with Gasteiger partial charge in [0.1, 0.15) is 11.7 Å². The van der Waals surface area contributed by atoms with Gasteiger partial charge >= 0.3 is 0 Å². The van der Waals surface area contributed by atoms with E-state index < -0.39 is 0 Å². The van der Waals surface area contributed by atoms with Gasteiger partial charge in [0.25, 0.3) is 0 Å². The molecule has 6 heteroatoms. The predicted molar refractivity (Wildman–Crippen MR) is 133 cm³/mol. The molecule has 1 saturated carbocycles. The minimum absolute atomic E-state index is 0.142. The average molecular weight is 446 g/mol. The van der Waals surface area contributed by atoms with Gasteiger partial charge in [-0.25, -0.2) is 4.99 Å². The van der Waals surface area contributed by atoms with Gasteiger partial charge in [0.05, 0.1) is 0 Å². The van der Waals surface area contributed by atoms with Crippen molar-refractivity contribution in [3.63, 3.8) is 0 Å². The molecule has 6 rings (SSSR count). The van der Waals surface area contributed by atoms with E-state index in [-0.39, 0.29) is 11.2 Å². The third-order valence-corrected chi connectivity index (χ3v) is 8.58. The van der Waals surface area contributed by atoms with Crippen LogP contribution < -0.4 is 10.6 Å². The van der Waals surface area contributed by atoms with E-state index in [0.29, 0.717) is 12.3 Å². The van der Waals surface area contributed by atoms with E-state index in [9.17, 15) is 4.79 Å². The van der Waals surface area contributed by atoms with Crippen LogP contribution in [0.5, 0.6) is 0 Å². The zero-order chi connectivity index (χ0) is 22.9. The van der Waals surface area contributed by atoms with Gasteiger partial charge in [-0.15, -0.1) is 0 Å². The third-order valence-electron chi connectivity index (χ3n) is 8.58. The molecule has 4 aliphatic rings. The Morgan fingerprint density at radius 2 is 1.91 bits per heavy atom. The molecule has 1 saturated heterocycles. The first kappa shape index (κ1) is 21.0. The lowest BCUT2D eigenvalue weighted by Crippen LogP contribution is -2.52. The van der Waals surface area contributed by atoms with Crippen LogP contribution in [-0.4, -0.2) is 53.7 Å². The molecule has 174 valence electrons. The first-order chi connectivity index (χ1) is 15.9. The Morgan fingerprint density at radius 3 is 2.58 bits per heavy atom. The summed E-state index contributed by atoms with van der Waals surface area (Å²) < 4.78 is 0. The van der Waals surface area contributed by atoms with Crippen LogP contribution in [0.15, 0.2) is 17.1 Å². The molecular formula is C27H35N5O. The Kier molecular flexibility index (Phi) is 4.74. The highest BCUT2D eigenvalue weighted by molar-refractivity contribution is 6.15. The number of carbonyl (C=O) groups excluding carboxylic acids is 1. The number of nitrogens with zero attached hydrogens (tertiary/aromatic N) is 3. The SMILES string of the molecule is CCc1cc2c(cc1N1CCN(C3CCC3)CC1)C(C)(C)c1[nH]c3c(c1C2=O)CCC(N)=N3. The Hall–Kier alpha value is -2.60. The number of hydrogen-bond acceptors (Lipinski definition) is 5. The van der Waals surface area contributed by atoms with Crippen molar-refractivity contribution in [2.24, 2.45) is 10.7 Å². The number of amidine groups is 1. The van der Waals surface area contributed by atoms with Crippen molar-refractivity contribution in [2.45, 2.75) is 70.8 Å². The largest absolute Gasteiger partial charge is 0.387 e. The van der Waals surface area contributed by atoms with E-state index in [2.05, 4.69) is 52.7 Å². The lowest BCUT2D eigenvalue weighted by atomic mass is 9.70. The first-order valence-corrected chi connectivity index (χ1v) is 12.7. The van der Waals surface area contributed by atoms with E-state index in [0.717, 1.165) is 78.8 Å². The fourth-order valence-corrected chi connectivity index (χ4v) is 6.30. The second-order valence-corrected chi connectivity index (χ2v) is 10.7. The van der Waals surface area contributed by atoms with E-state index in [1.165, 1.54) is 30.5 Å². The molecule has 0 amide bonds. The van der Waals surface area contributed by atoms with Gasteiger partial charge in [0.15, 0.2) is 5.78 Å². The first-order valence-electron chi connectivity index (χ1n) is 12.7. The van der Waals surface area contributed by atoms with Crippen LogP contribution >= 0.6 is 0 Å². The Bertz CT molecular complexity index is 1160. The summed E-state index contributed by atoms with van der Waals surface area (Å²) in [5.41, 5.74) is 13.2. The molecule has 2 fully saturated rings. The number of carbonyl (C=O) groups is 1. The molecular weight excluding hydrogens is 410 g/mol. The lowest BCUT2D eigenvalue weighted by Gasteiger charge is -2.44. The molecule has 0 radical (unpaired) electrons. The summed E-state index contributed by atoms with van der Waals surface area (Å²) in [6, 6.07) is 5.33. The highest BCUT2D eigenvalue weighted by Gasteiger charge is 2.42. The monoisotopic (exact) mass is 445 g/mol. The fraction of sp³-hybridized carbons (Fsp3) is 0.556. The number of nitrogens with two attached hydrogens (primary N) is 1. The highest BCUT2D eigenvalue weighted by atomic mass is 16.1. The zero-order valence-corrected chi connectivity index (χ0v) is 20.1. The average Bonchev–Trinajstić information content (AvgIpc) is 3.16. The molecule has 3 N–H and O–H groups in total. The number of aliphatic imine (C=N–C) groups is 1. The summed E-state index contributed by atoms with van der Waals surface area (Å²) in [7, 11) is 0. The topological polar surface area (TPSA) is 77.7 Å². The second-order valence-electron chi connectivity index (χ2n) is 10.7. The maximum atomic E-state index is 13.8. The molecule has 0 atom stereocenters. The van der Waals surface area contributed by atoms with E-state index in [4.69, 9.17) is 5.73 Å². The summed E-state index contributed by atoms with van der Waals surface area (Å²) in [5.74, 6) is 1.56. The van der Waals surface area contributed by atoms with E-state index >= 15 is 0 Å². The maximum absolute atomic E-state index is 13.8. The van der Waals surface area contributed by atoms with Crippen molar-refractivity contribution in [1.82, 2.24) is 9.88 Å². The number of fused-ring (bicyclic) bond motifs is 4. The lowest BCUT2D eigenvalue weighted by molar-refractivity contribution is 0.103. The number of aryl methyl sites for hydroxylation is 1. The summed E-state index contributed by atoms with van der Waals surface area (Å²) in [5, 5.41) is 0. The number of nitrogens with one attached hydrogen (secondary N) is 1. The molecule has 2 aliphatic carbocycles. The van der Waals surface area contributed by atoms with E-state index in [1.807, 2.05) is 0 Å². The minimum Gasteiger partial charge on any atom is -0.387 e. The number of H-pyrrole nitrogens is 1. The quantitative estimate of drug-likeness (QED) is 0.747. The van der Waals surface area contributed by atoms with Gasteiger partial charge in [-0.2, -0.15) is 0 Å². The summed E-state index contributed by atoms with van der Waals surface area (Å²) in [6.45, 7) is 11.1. The van der Waals surface area contributed by atoms with E-state index in [1.54, 1.807) is 0 Å². The zero-order valence-electron chi connectivity index (χ0n) is 20.1. The van der Waals surface area contributed by atoms with Gasteiger partial charge in [-0.1, -0.05) is 27.2 Å². The number of ketones is 1. The van der Waals surface area contributed by atoms with Gasteiger partial charge in [0.2, 0.25) is 0 Å². The number of aromatic amines is 1. The second kappa shape index (κ2) is 7.45. The third kappa shape index (κ3) is 3.10. The van der Waals surface area contributed by atoms with Crippen LogP contribution in [0.25, 0.3) is 0 Å². The smallest absolute Gasteiger partial charge is 0.195 e. The molecule has 0 bridgehead atoms. The van der Waals surface area contributed by atoms with Crippen LogP contribution in [0.3, 0.4) is 0 Å². The summed E-state index contributed by atoms with van der Waals surface area (Å²) >= 11 is 0. The summed E-state index contributed by atoms with van der Waals surface area (Å²) in [4.78, 5) is 27.1. The standard InChI is InChI=1S/C27H35N5O/c1-4-16-14-19-20(15-21(16)32-12-10-31(11-13-32)17-6-5-7-17)27(2,3)25-23(24(19)33)18-8-9-22(28)29-26(18)30-25/h14-15,17,30H,4-13H2,1-3H3,(H2,28,29). The number of aromatic nitrogens is 1. The van der Waals surface area contributed by atoms with Gasteiger partial charge in [0, 0.05) is 72.1 Å². The van der Waals surface area contributed by atoms with Crippen LogP contribution in [0.2, 0.25) is 0 Å². The number of anilines is 1. The van der Waals surface area contributed by atoms with Crippen molar-refractivity contribution >= 4 is 23.1 Å². The molecule has 3 heterocycles. The van der Waals surface area contributed by atoms with Crippen LogP contribution in [0.1, 0.15) is 84.8 Å². The van der Waals surface area contributed by atoms with Gasteiger partial charge in [-0.3, -0.25) is 9.69 Å². The van der Waals surface area contributed by atoms with Crippen molar-refractivity contribution in [3.05, 3.63) is 45.6 Å². The number of benzene rings is 1. The van der Waals surface area contributed by atoms with Crippen molar-refractivity contribution < 1.29 is 4.79 Å². The Morgan fingerprint density at radius 1 is 1.15 bits per heavy atom. The van der Waals surface area contributed by atoms with Crippen molar-refractivity contribution in [3.8, 4) is 0 Å². The number of piperazine rings is 1. The van der Waals surface area contributed by atoms with Crippen LogP contribution in [0, 0.1) is 0 Å². The molecule has 1 aromatic heterocycles. The number of hydrogen-bond donors (Lipinski definition) is 2. The normalized spacial score (nSPS) is 22.3. The number of rotatable bonds is 3. The fourth-order valence-electron chi connectivity index (χ4n) is 6.30. The molecule has 0 unspecified atom stereocenters. The van der Waals surface area contributed by atoms with Gasteiger partial charge < -0.3 is 15.6 Å².